The third-order valence-corrected chi connectivity index (χ3v) is 5.23. The summed E-state index contributed by atoms with van der Waals surface area (Å²) < 4.78 is 5.14. The molecule has 1 amide bonds. The summed E-state index contributed by atoms with van der Waals surface area (Å²) in [6, 6.07) is 8.37. The minimum absolute atomic E-state index is 0. The lowest BCUT2D eigenvalue weighted by atomic mass is 9.67. The second-order valence-corrected chi connectivity index (χ2v) is 6.80. The number of benzene rings is 1. The number of carbonyl (C=O) groups is 1. The number of rotatable bonds is 4. The molecule has 2 fully saturated rings. The van der Waals surface area contributed by atoms with Gasteiger partial charge in [0.2, 0.25) is 5.91 Å². The van der Waals surface area contributed by atoms with Crippen LogP contribution in [0.25, 0.3) is 0 Å². The van der Waals surface area contributed by atoms with Crippen LogP contribution in [0.3, 0.4) is 0 Å². The van der Waals surface area contributed by atoms with E-state index >= 15 is 0 Å². The number of hydrogen-bond donors (Lipinski definition) is 2. The van der Waals surface area contributed by atoms with Gasteiger partial charge in [0, 0.05) is 12.1 Å². The fraction of sp³-hybridized carbons (Fsp3) is 0.611. The van der Waals surface area contributed by atoms with E-state index in [1.54, 1.807) is 7.11 Å². The summed E-state index contributed by atoms with van der Waals surface area (Å²) in [6.45, 7) is 0. The Morgan fingerprint density at radius 2 is 1.83 bits per heavy atom. The first kappa shape index (κ1) is 18.1. The number of ether oxygens (including phenoxy) is 1. The molecule has 2 saturated carbocycles. The number of nitrogens with one attached hydrogen (secondary N) is 1. The molecule has 2 aliphatic carbocycles. The van der Waals surface area contributed by atoms with Gasteiger partial charge < -0.3 is 15.8 Å². The van der Waals surface area contributed by atoms with Crippen LogP contribution in [-0.4, -0.2) is 25.1 Å². The number of fused-ring (bicyclic) bond motifs is 2. The Morgan fingerprint density at radius 3 is 2.39 bits per heavy atom. The van der Waals surface area contributed by atoms with Crippen molar-refractivity contribution in [2.24, 2.45) is 17.6 Å². The quantitative estimate of drug-likeness (QED) is 0.887. The highest BCUT2D eigenvalue weighted by Crippen LogP contribution is 2.39. The van der Waals surface area contributed by atoms with Crippen LogP contribution >= 0.6 is 12.4 Å². The van der Waals surface area contributed by atoms with Crippen molar-refractivity contribution >= 4 is 18.3 Å². The molecule has 128 valence electrons. The first-order valence-electron chi connectivity index (χ1n) is 8.33. The first-order valence-corrected chi connectivity index (χ1v) is 8.33. The minimum atomic E-state index is 0. The Bertz CT molecular complexity index is 506. The molecule has 2 bridgehead atoms. The predicted octanol–water partition coefficient (Wildman–Crippen LogP) is 2.68. The maximum absolute atomic E-state index is 12.4. The van der Waals surface area contributed by atoms with Crippen molar-refractivity contribution in [1.82, 2.24) is 5.32 Å². The smallest absolute Gasteiger partial charge is 0.224 e. The van der Waals surface area contributed by atoms with Gasteiger partial charge in [-0.2, -0.15) is 0 Å². The molecule has 3 N–H and O–H groups in total. The van der Waals surface area contributed by atoms with Crippen molar-refractivity contribution in [2.45, 2.75) is 50.6 Å². The summed E-state index contributed by atoms with van der Waals surface area (Å²) in [4.78, 5) is 12.4. The topological polar surface area (TPSA) is 64.3 Å². The lowest BCUT2D eigenvalue weighted by Crippen LogP contribution is -2.54. The number of amides is 1. The molecular formula is C18H27ClN2O2. The zero-order valence-corrected chi connectivity index (χ0v) is 14.5. The van der Waals surface area contributed by atoms with Crippen molar-refractivity contribution in [3.8, 4) is 5.75 Å². The molecule has 0 saturated heterocycles. The Balaban J connectivity index is 0.00000192. The van der Waals surface area contributed by atoms with E-state index in [1.165, 1.54) is 19.3 Å². The number of methoxy groups -OCH3 is 1. The molecule has 0 heterocycles. The van der Waals surface area contributed by atoms with Gasteiger partial charge in [-0.25, -0.2) is 0 Å². The first-order chi connectivity index (χ1) is 10.7. The summed E-state index contributed by atoms with van der Waals surface area (Å²) >= 11 is 0. The second-order valence-electron chi connectivity index (χ2n) is 6.80. The lowest BCUT2D eigenvalue weighted by molar-refractivity contribution is -0.122. The third kappa shape index (κ3) is 4.39. The molecule has 2 atom stereocenters. The van der Waals surface area contributed by atoms with E-state index < -0.39 is 0 Å². The van der Waals surface area contributed by atoms with E-state index in [1.807, 2.05) is 24.3 Å². The average Bonchev–Trinajstić information content (AvgIpc) is 2.49. The van der Waals surface area contributed by atoms with E-state index in [0.29, 0.717) is 30.3 Å². The third-order valence-electron chi connectivity index (χ3n) is 5.23. The summed E-state index contributed by atoms with van der Waals surface area (Å²) in [5.74, 6) is 2.09. The van der Waals surface area contributed by atoms with Gasteiger partial charge in [0.05, 0.1) is 13.5 Å². The molecule has 4 nitrogen and oxygen atoms in total. The molecule has 1 aromatic carbocycles. The van der Waals surface area contributed by atoms with E-state index in [4.69, 9.17) is 10.5 Å². The summed E-state index contributed by atoms with van der Waals surface area (Å²) in [7, 11) is 1.65. The van der Waals surface area contributed by atoms with E-state index in [0.717, 1.165) is 24.2 Å². The molecule has 0 aromatic heterocycles. The number of hydrogen-bond acceptors (Lipinski definition) is 3. The summed E-state index contributed by atoms with van der Waals surface area (Å²) in [5, 5.41) is 3.29. The molecule has 5 heteroatoms. The summed E-state index contributed by atoms with van der Waals surface area (Å²) in [5.41, 5.74) is 7.17. The van der Waals surface area contributed by atoms with Crippen LogP contribution in [0.15, 0.2) is 24.3 Å². The van der Waals surface area contributed by atoms with E-state index in [9.17, 15) is 4.79 Å². The minimum Gasteiger partial charge on any atom is -0.497 e. The van der Waals surface area contributed by atoms with Crippen LogP contribution in [0.5, 0.6) is 5.75 Å². The molecule has 1 aromatic rings. The monoisotopic (exact) mass is 338 g/mol. The van der Waals surface area contributed by atoms with Crippen LogP contribution in [0.2, 0.25) is 0 Å². The molecule has 23 heavy (non-hydrogen) atoms. The van der Waals surface area contributed by atoms with Crippen LogP contribution in [0, 0.1) is 11.8 Å². The number of nitrogens with two attached hydrogens (primary N) is 1. The van der Waals surface area contributed by atoms with Crippen LogP contribution < -0.4 is 15.8 Å². The Hall–Kier alpha value is -1.26. The highest BCUT2D eigenvalue weighted by Gasteiger charge is 2.39. The molecule has 0 radical (unpaired) electrons. The SMILES string of the molecule is COc1ccc(CC(=O)NC2C3CCCC2CC(N)C3)cc1.Cl. The maximum atomic E-state index is 12.4. The van der Waals surface area contributed by atoms with Gasteiger partial charge in [-0.3, -0.25) is 4.79 Å². The Morgan fingerprint density at radius 1 is 1.22 bits per heavy atom. The lowest BCUT2D eigenvalue weighted by Gasteiger charge is -2.45. The predicted molar refractivity (Wildman–Crippen MR) is 93.9 cm³/mol. The van der Waals surface area contributed by atoms with Gasteiger partial charge in [-0.1, -0.05) is 18.6 Å². The van der Waals surface area contributed by atoms with Crippen molar-refractivity contribution in [1.29, 1.82) is 0 Å². The molecule has 2 aliphatic rings. The van der Waals surface area contributed by atoms with Crippen molar-refractivity contribution in [3.05, 3.63) is 29.8 Å². The number of halogens is 1. The van der Waals surface area contributed by atoms with Crippen LogP contribution in [0.1, 0.15) is 37.7 Å². The van der Waals surface area contributed by atoms with Crippen molar-refractivity contribution in [2.75, 3.05) is 7.11 Å². The van der Waals surface area contributed by atoms with Crippen molar-refractivity contribution in [3.63, 3.8) is 0 Å². The van der Waals surface area contributed by atoms with Crippen LogP contribution in [-0.2, 0) is 11.2 Å². The van der Waals surface area contributed by atoms with E-state index in [2.05, 4.69) is 5.32 Å². The fourth-order valence-corrected chi connectivity index (χ4v) is 4.19. The van der Waals surface area contributed by atoms with E-state index in [-0.39, 0.29) is 18.3 Å². The van der Waals surface area contributed by atoms with Gasteiger partial charge >= 0.3 is 0 Å². The zero-order valence-electron chi connectivity index (χ0n) is 13.7. The highest BCUT2D eigenvalue weighted by molar-refractivity contribution is 5.85. The largest absolute Gasteiger partial charge is 0.497 e. The summed E-state index contributed by atoms with van der Waals surface area (Å²) in [6.07, 6.45) is 6.25. The Labute approximate surface area is 144 Å². The second kappa shape index (κ2) is 8.02. The van der Waals surface area contributed by atoms with Gasteiger partial charge in [0.25, 0.3) is 0 Å². The van der Waals surface area contributed by atoms with Crippen LogP contribution in [0.4, 0.5) is 0 Å². The molecule has 0 spiro atoms. The molecule has 3 rings (SSSR count). The van der Waals surface area contributed by atoms with Crippen molar-refractivity contribution < 1.29 is 9.53 Å². The van der Waals surface area contributed by atoms with Gasteiger partial charge in [0.1, 0.15) is 5.75 Å². The number of carbonyl (C=O) groups excluding carboxylic acids is 1. The standard InChI is InChI=1S/C18H26N2O2.ClH/c1-22-16-7-5-12(6-8-16)9-17(21)20-18-13-3-2-4-14(18)11-15(19)10-13;/h5-8,13-15,18H,2-4,9-11,19H2,1H3,(H,20,21);1H. The average molecular weight is 339 g/mol. The highest BCUT2D eigenvalue weighted by atomic mass is 35.5. The van der Waals surface area contributed by atoms with Gasteiger partial charge in [-0.15, -0.1) is 12.4 Å². The zero-order chi connectivity index (χ0) is 15.5. The maximum Gasteiger partial charge on any atom is 0.224 e. The Kier molecular flexibility index (Phi) is 6.31. The van der Waals surface area contributed by atoms with Gasteiger partial charge in [-0.05, 0) is 55.2 Å². The van der Waals surface area contributed by atoms with Gasteiger partial charge in [0.15, 0.2) is 0 Å². The molecule has 0 aliphatic heterocycles. The molecular weight excluding hydrogens is 312 g/mol. The normalized spacial score (nSPS) is 29.3. The molecule has 2 unspecified atom stereocenters. The fourth-order valence-electron chi connectivity index (χ4n) is 4.19.